The monoisotopic (exact) mass is 128 g/mol. The Morgan fingerprint density at radius 1 is 1.56 bits per heavy atom. The Morgan fingerprint density at radius 2 is 2.11 bits per heavy atom. The number of hydrogen-bond donors (Lipinski definition) is 0. The minimum atomic E-state index is -0.720. The molecule has 1 atom stereocenters. The van der Waals surface area contributed by atoms with Gasteiger partial charge in [-0.25, -0.2) is 0 Å². The molecule has 3 nitrogen and oxygen atoms in total. The standard InChI is InChI=1S/C6H8O3/c1-5(9)6(4-8)2-3-7/h3-4,6H,2H2,1H3. The minimum absolute atomic E-state index is 0.0127. The highest BCUT2D eigenvalue weighted by molar-refractivity contribution is 5.93. The summed E-state index contributed by atoms with van der Waals surface area (Å²) < 4.78 is 0. The van der Waals surface area contributed by atoms with E-state index in [-0.39, 0.29) is 12.2 Å². The molecule has 1 unspecified atom stereocenters. The average Bonchev–Trinajstić information content (AvgIpc) is 1.82. The number of rotatable bonds is 4. The lowest BCUT2D eigenvalue weighted by Crippen LogP contribution is -2.12. The van der Waals surface area contributed by atoms with Crippen LogP contribution in [0.15, 0.2) is 0 Å². The van der Waals surface area contributed by atoms with Crippen molar-refractivity contribution in [2.24, 2.45) is 5.92 Å². The zero-order chi connectivity index (χ0) is 7.28. The molecule has 0 aliphatic heterocycles. The highest BCUT2D eigenvalue weighted by Gasteiger charge is 2.10. The van der Waals surface area contributed by atoms with E-state index < -0.39 is 5.92 Å². The summed E-state index contributed by atoms with van der Waals surface area (Å²) in [7, 11) is 0. The van der Waals surface area contributed by atoms with E-state index in [0.29, 0.717) is 12.6 Å². The zero-order valence-corrected chi connectivity index (χ0v) is 5.16. The van der Waals surface area contributed by atoms with Gasteiger partial charge in [0.2, 0.25) is 0 Å². The lowest BCUT2D eigenvalue weighted by Gasteiger charge is -1.96. The molecule has 9 heavy (non-hydrogen) atoms. The molecule has 0 saturated carbocycles. The second-order valence-electron chi connectivity index (χ2n) is 1.76. The summed E-state index contributed by atoms with van der Waals surface area (Å²) in [6.45, 7) is 1.29. The maximum atomic E-state index is 10.4. The Kier molecular flexibility index (Phi) is 3.51. The Bertz CT molecular complexity index is 128. The van der Waals surface area contributed by atoms with E-state index in [1.54, 1.807) is 0 Å². The minimum Gasteiger partial charge on any atom is -0.303 e. The molecule has 0 spiro atoms. The summed E-state index contributed by atoms with van der Waals surface area (Å²) in [4.78, 5) is 30.1. The van der Waals surface area contributed by atoms with Gasteiger partial charge in [-0.15, -0.1) is 0 Å². The van der Waals surface area contributed by atoms with Crippen LogP contribution in [0.5, 0.6) is 0 Å². The summed E-state index contributed by atoms with van der Waals surface area (Å²) >= 11 is 0. The second-order valence-corrected chi connectivity index (χ2v) is 1.76. The van der Waals surface area contributed by atoms with Crippen LogP contribution < -0.4 is 0 Å². The third-order valence-electron chi connectivity index (χ3n) is 1.04. The van der Waals surface area contributed by atoms with Gasteiger partial charge in [-0.2, -0.15) is 0 Å². The van der Waals surface area contributed by atoms with Gasteiger partial charge in [0.25, 0.3) is 0 Å². The molecule has 0 bridgehead atoms. The van der Waals surface area contributed by atoms with E-state index in [1.807, 2.05) is 0 Å². The topological polar surface area (TPSA) is 51.2 Å². The Hall–Kier alpha value is -0.990. The zero-order valence-electron chi connectivity index (χ0n) is 5.16. The molecule has 3 heteroatoms. The van der Waals surface area contributed by atoms with Crippen molar-refractivity contribution in [1.29, 1.82) is 0 Å². The number of carbonyl (C=O) groups excluding carboxylic acids is 3. The first-order valence-electron chi connectivity index (χ1n) is 2.61. The van der Waals surface area contributed by atoms with Crippen molar-refractivity contribution in [3.63, 3.8) is 0 Å². The van der Waals surface area contributed by atoms with Crippen molar-refractivity contribution < 1.29 is 14.4 Å². The lowest BCUT2D eigenvalue weighted by atomic mass is 10.0. The molecule has 0 radical (unpaired) electrons. The van der Waals surface area contributed by atoms with Gasteiger partial charge >= 0.3 is 0 Å². The Morgan fingerprint density at radius 3 is 2.22 bits per heavy atom. The van der Waals surface area contributed by atoms with Crippen LogP contribution in [0.1, 0.15) is 13.3 Å². The van der Waals surface area contributed by atoms with Crippen LogP contribution in [-0.2, 0) is 14.4 Å². The third-order valence-corrected chi connectivity index (χ3v) is 1.04. The van der Waals surface area contributed by atoms with Crippen LogP contribution >= 0.6 is 0 Å². The SMILES string of the molecule is CC(=O)C(C=O)CC=O. The van der Waals surface area contributed by atoms with Crippen LogP contribution in [0.2, 0.25) is 0 Å². The summed E-state index contributed by atoms with van der Waals surface area (Å²) in [5.41, 5.74) is 0. The third kappa shape index (κ3) is 2.74. The van der Waals surface area contributed by atoms with Gasteiger partial charge in [-0.1, -0.05) is 0 Å². The lowest BCUT2D eigenvalue weighted by molar-refractivity contribution is -0.128. The number of aldehydes is 2. The molecule has 0 aromatic carbocycles. The van der Waals surface area contributed by atoms with Gasteiger partial charge in [-0.05, 0) is 6.92 Å². The Labute approximate surface area is 53.0 Å². The van der Waals surface area contributed by atoms with E-state index in [9.17, 15) is 14.4 Å². The largest absolute Gasteiger partial charge is 0.303 e. The maximum absolute atomic E-state index is 10.4. The van der Waals surface area contributed by atoms with Gasteiger partial charge in [0.05, 0.1) is 5.92 Å². The van der Waals surface area contributed by atoms with Gasteiger partial charge in [0.15, 0.2) is 0 Å². The molecule has 0 saturated heterocycles. The van der Waals surface area contributed by atoms with Crippen LogP contribution in [0, 0.1) is 5.92 Å². The fourth-order valence-electron chi connectivity index (χ4n) is 0.421. The second kappa shape index (κ2) is 3.95. The molecular formula is C6H8O3. The summed E-state index contributed by atoms with van der Waals surface area (Å²) in [5.74, 6) is -0.973. The smallest absolute Gasteiger partial charge is 0.140 e. The fraction of sp³-hybridized carbons (Fsp3) is 0.500. The van der Waals surface area contributed by atoms with Crippen molar-refractivity contribution in [3.05, 3.63) is 0 Å². The molecule has 50 valence electrons. The van der Waals surface area contributed by atoms with Gasteiger partial charge in [-0.3, -0.25) is 4.79 Å². The summed E-state index contributed by atoms with van der Waals surface area (Å²) in [5, 5.41) is 0. The first-order valence-corrected chi connectivity index (χ1v) is 2.61. The fourth-order valence-corrected chi connectivity index (χ4v) is 0.421. The van der Waals surface area contributed by atoms with Gasteiger partial charge in [0, 0.05) is 6.42 Å². The molecule has 0 rings (SSSR count). The van der Waals surface area contributed by atoms with Crippen molar-refractivity contribution in [2.45, 2.75) is 13.3 Å². The van der Waals surface area contributed by atoms with E-state index in [4.69, 9.17) is 0 Å². The average molecular weight is 128 g/mol. The Balaban J connectivity index is 3.81. The number of ketones is 1. The maximum Gasteiger partial charge on any atom is 0.140 e. The highest BCUT2D eigenvalue weighted by atomic mass is 16.1. The van der Waals surface area contributed by atoms with Crippen LogP contribution in [0.3, 0.4) is 0 Å². The van der Waals surface area contributed by atoms with Crippen molar-refractivity contribution in [2.75, 3.05) is 0 Å². The van der Waals surface area contributed by atoms with Crippen LogP contribution in [0.25, 0.3) is 0 Å². The molecular weight excluding hydrogens is 120 g/mol. The molecule has 0 aromatic heterocycles. The molecule has 0 fully saturated rings. The molecule has 0 heterocycles. The van der Waals surface area contributed by atoms with Crippen molar-refractivity contribution >= 4 is 18.4 Å². The molecule has 0 amide bonds. The normalized spacial score (nSPS) is 12.1. The van der Waals surface area contributed by atoms with E-state index in [2.05, 4.69) is 0 Å². The molecule has 0 N–H and O–H groups in total. The molecule has 0 aromatic rings. The van der Waals surface area contributed by atoms with Crippen molar-refractivity contribution in [1.82, 2.24) is 0 Å². The predicted molar refractivity (Wildman–Crippen MR) is 30.9 cm³/mol. The summed E-state index contributed by atoms with van der Waals surface area (Å²) in [6.07, 6.45) is 1.08. The van der Waals surface area contributed by atoms with E-state index in [1.165, 1.54) is 6.92 Å². The summed E-state index contributed by atoms with van der Waals surface area (Å²) in [6, 6.07) is 0. The quantitative estimate of drug-likeness (QED) is 0.395. The van der Waals surface area contributed by atoms with Crippen molar-refractivity contribution in [3.8, 4) is 0 Å². The van der Waals surface area contributed by atoms with E-state index >= 15 is 0 Å². The first kappa shape index (κ1) is 8.01. The number of carbonyl (C=O) groups is 3. The number of hydrogen-bond acceptors (Lipinski definition) is 3. The van der Waals surface area contributed by atoms with Crippen LogP contribution in [0.4, 0.5) is 0 Å². The van der Waals surface area contributed by atoms with Crippen LogP contribution in [-0.4, -0.2) is 18.4 Å². The predicted octanol–water partition coefficient (Wildman–Crippen LogP) is -0.0205. The highest BCUT2D eigenvalue weighted by Crippen LogP contribution is 1.96. The van der Waals surface area contributed by atoms with Gasteiger partial charge in [0.1, 0.15) is 18.4 Å². The molecule has 0 aliphatic rings. The first-order chi connectivity index (χ1) is 4.22. The molecule has 0 aliphatic carbocycles. The van der Waals surface area contributed by atoms with E-state index in [0.717, 1.165) is 0 Å². The number of Topliss-reactive ketones (excluding diaryl/α,β-unsaturated/α-hetero) is 1. The van der Waals surface area contributed by atoms with Gasteiger partial charge < -0.3 is 9.59 Å².